The van der Waals surface area contributed by atoms with Gasteiger partial charge in [-0.25, -0.2) is 8.78 Å². The van der Waals surface area contributed by atoms with Gasteiger partial charge in [-0.1, -0.05) is 48.5 Å². The summed E-state index contributed by atoms with van der Waals surface area (Å²) in [7, 11) is 0. The Morgan fingerprint density at radius 1 is 0.846 bits per heavy atom. The van der Waals surface area contributed by atoms with E-state index in [0.29, 0.717) is 11.3 Å². The van der Waals surface area contributed by atoms with Crippen LogP contribution in [0.4, 0.5) is 20.2 Å². The quantitative estimate of drug-likeness (QED) is 0.561. The van der Waals surface area contributed by atoms with Crippen LogP contribution in [0.2, 0.25) is 0 Å². The van der Waals surface area contributed by atoms with E-state index in [9.17, 15) is 13.6 Å². The van der Waals surface area contributed by atoms with Crippen LogP contribution in [0.1, 0.15) is 16.7 Å². The van der Waals surface area contributed by atoms with E-state index >= 15 is 0 Å². The van der Waals surface area contributed by atoms with Crippen molar-refractivity contribution in [2.45, 2.75) is 6.92 Å². The minimum Gasteiger partial charge on any atom is -0.273 e. The number of fused-ring (bicyclic) bond motifs is 1. The van der Waals surface area contributed by atoms with E-state index in [1.54, 1.807) is 18.2 Å². The van der Waals surface area contributed by atoms with Crippen LogP contribution in [0.15, 0.2) is 66.7 Å². The van der Waals surface area contributed by atoms with Crippen LogP contribution in [-0.2, 0) is 4.79 Å². The fourth-order valence-electron chi connectivity index (χ4n) is 3.16. The van der Waals surface area contributed by atoms with Crippen molar-refractivity contribution in [3.63, 3.8) is 0 Å². The summed E-state index contributed by atoms with van der Waals surface area (Å²) in [6, 6.07) is 19.2. The number of amides is 1. The minimum atomic E-state index is -0.728. The van der Waals surface area contributed by atoms with Gasteiger partial charge in [0.05, 0.1) is 16.9 Å². The first kappa shape index (κ1) is 16.2. The van der Waals surface area contributed by atoms with Gasteiger partial charge in [0.15, 0.2) is 5.82 Å². The summed E-state index contributed by atoms with van der Waals surface area (Å²) in [6.07, 6.45) is 1.79. The molecule has 0 radical (unpaired) electrons. The van der Waals surface area contributed by atoms with Crippen molar-refractivity contribution < 1.29 is 13.6 Å². The zero-order valence-electron chi connectivity index (χ0n) is 14.0. The van der Waals surface area contributed by atoms with E-state index in [-0.39, 0.29) is 17.2 Å². The molecule has 1 amide bonds. The van der Waals surface area contributed by atoms with Crippen LogP contribution >= 0.6 is 0 Å². The fourth-order valence-corrected chi connectivity index (χ4v) is 3.16. The maximum absolute atomic E-state index is 14.7. The van der Waals surface area contributed by atoms with Crippen molar-refractivity contribution in [3.8, 4) is 0 Å². The first-order valence-corrected chi connectivity index (χ1v) is 8.23. The highest BCUT2D eigenvalue weighted by molar-refractivity contribution is 6.38. The summed E-state index contributed by atoms with van der Waals surface area (Å²) in [5.74, 6) is -1.69. The van der Waals surface area contributed by atoms with E-state index in [2.05, 4.69) is 0 Å². The molecule has 1 aliphatic heterocycles. The molecular formula is C22H15F2NO. The number of hydrogen-bond acceptors (Lipinski definition) is 1. The second kappa shape index (κ2) is 6.23. The molecule has 0 saturated heterocycles. The van der Waals surface area contributed by atoms with E-state index < -0.39 is 11.6 Å². The Morgan fingerprint density at radius 3 is 2.31 bits per heavy atom. The van der Waals surface area contributed by atoms with Crippen molar-refractivity contribution in [1.29, 1.82) is 0 Å². The van der Waals surface area contributed by atoms with E-state index in [0.717, 1.165) is 11.1 Å². The smallest absolute Gasteiger partial charge is 0.263 e. The van der Waals surface area contributed by atoms with E-state index in [1.807, 2.05) is 42.5 Å². The molecule has 0 N–H and O–H groups in total. The maximum atomic E-state index is 14.7. The Labute approximate surface area is 150 Å². The van der Waals surface area contributed by atoms with Gasteiger partial charge in [0.25, 0.3) is 5.91 Å². The van der Waals surface area contributed by atoms with Crippen molar-refractivity contribution in [1.82, 2.24) is 0 Å². The number of carbonyl (C=O) groups is 1. The molecule has 3 aromatic rings. The number of rotatable bonds is 2. The maximum Gasteiger partial charge on any atom is 0.263 e. The van der Waals surface area contributed by atoms with Crippen molar-refractivity contribution in [2.75, 3.05) is 4.90 Å². The van der Waals surface area contributed by atoms with Gasteiger partial charge in [-0.05, 0) is 36.8 Å². The molecule has 0 fully saturated rings. The van der Waals surface area contributed by atoms with Gasteiger partial charge in [0.2, 0.25) is 0 Å². The number of para-hydroxylation sites is 1. The molecule has 0 unspecified atom stereocenters. The largest absolute Gasteiger partial charge is 0.273 e. The molecule has 4 rings (SSSR count). The topological polar surface area (TPSA) is 20.3 Å². The predicted molar refractivity (Wildman–Crippen MR) is 99.0 cm³/mol. The first-order chi connectivity index (χ1) is 12.6. The van der Waals surface area contributed by atoms with Gasteiger partial charge in [-0.2, -0.15) is 0 Å². The molecule has 4 heteroatoms. The van der Waals surface area contributed by atoms with Crippen LogP contribution in [-0.4, -0.2) is 5.91 Å². The summed E-state index contributed by atoms with van der Waals surface area (Å²) in [4.78, 5) is 14.4. The van der Waals surface area contributed by atoms with Gasteiger partial charge in [0.1, 0.15) is 5.82 Å². The van der Waals surface area contributed by atoms with Crippen molar-refractivity contribution >= 4 is 28.9 Å². The number of carbonyl (C=O) groups excluding carboxylic acids is 1. The van der Waals surface area contributed by atoms with Crippen LogP contribution in [0.5, 0.6) is 0 Å². The van der Waals surface area contributed by atoms with Crippen molar-refractivity contribution in [3.05, 3.63) is 95.1 Å². The lowest BCUT2D eigenvalue weighted by Gasteiger charge is -2.19. The summed E-state index contributed by atoms with van der Waals surface area (Å²) in [6.45, 7) is 1.36. The third kappa shape index (κ3) is 2.51. The second-order valence-corrected chi connectivity index (χ2v) is 6.13. The van der Waals surface area contributed by atoms with E-state index in [1.165, 1.54) is 24.0 Å². The number of anilines is 2. The Bertz CT molecular complexity index is 1040. The fraction of sp³-hybridized carbons (Fsp3) is 0.0455. The molecule has 1 heterocycles. The Hall–Kier alpha value is -3.27. The predicted octanol–water partition coefficient (Wildman–Crippen LogP) is 5.49. The molecule has 0 bridgehead atoms. The highest BCUT2D eigenvalue weighted by Gasteiger charge is 2.35. The molecule has 0 aromatic heterocycles. The zero-order chi connectivity index (χ0) is 18.3. The average molecular weight is 347 g/mol. The van der Waals surface area contributed by atoms with Crippen molar-refractivity contribution in [2.24, 2.45) is 0 Å². The highest BCUT2D eigenvalue weighted by Crippen LogP contribution is 2.43. The summed E-state index contributed by atoms with van der Waals surface area (Å²) in [5.41, 5.74) is 2.62. The molecule has 0 aliphatic carbocycles. The second-order valence-electron chi connectivity index (χ2n) is 6.13. The molecule has 128 valence electrons. The number of benzene rings is 3. The lowest BCUT2D eigenvalue weighted by atomic mass is 10.0. The van der Waals surface area contributed by atoms with Gasteiger partial charge < -0.3 is 0 Å². The minimum absolute atomic E-state index is 0.0535. The van der Waals surface area contributed by atoms with Gasteiger partial charge >= 0.3 is 0 Å². The molecule has 0 saturated carbocycles. The Balaban J connectivity index is 1.90. The van der Waals surface area contributed by atoms with Crippen LogP contribution in [0.25, 0.3) is 11.6 Å². The molecule has 26 heavy (non-hydrogen) atoms. The molecular weight excluding hydrogens is 332 g/mol. The van der Waals surface area contributed by atoms with Gasteiger partial charge in [-0.3, -0.25) is 9.69 Å². The molecule has 0 atom stereocenters. The van der Waals surface area contributed by atoms with Gasteiger partial charge in [-0.15, -0.1) is 0 Å². The SMILES string of the molecule is Cc1c(F)ccc(N2C(=O)C(=Cc3ccccc3)c3ccccc32)c1F. The Kier molecular flexibility index (Phi) is 3.88. The Morgan fingerprint density at radius 2 is 1.54 bits per heavy atom. The van der Waals surface area contributed by atoms with E-state index in [4.69, 9.17) is 0 Å². The summed E-state index contributed by atoms with van der Waals surface area (Å²) in [5, 5.41) is 0. The zero-order valence-corrected chi connectivity index (χ0v) is 14.0. The molecule has 2 nitrogen and oxygen atoms in total. The normalized spacial score (nSPS) is 14.8. The molecule has 3 aromatic carbocycles. The number of nitrogens with zero attached hydrogens (tertiary/aromatic N) is 1. The first-order valence-electron chi connectivity index (χ1n) is 8.23. The highest BCUT2D eigenvalue weighted by atomic mass is 19.1. The molecule has 0 spiro atoms. The summed E-state index contributed by atoms with van der Waals surface area (Å²) >= 11 is 0. The third-order valence-electron chi connectivity index (χ3n) is 4.52. The van der Waals surface area contributed by atoms with Crippen LogP contribution in [0.3, 0.4) is 0 Å². The lowest BCUT2D eigenvalue weighted by molar-refractivity contribution is -0.112. The average Bonchev–Trinajstić information content (AvgIpc) is 2.93. The summed E-state index contributed by atoms with van der Waals surface area (Å²) < 4.78 is 28.3. The van der Waals surface area contributed by atoms with Crippen LogP contribution in [0, 0.1) is 18.6 Å². The van der Waals surface area contributed by atoms with Crippen LogP contribution < -0.4 is 4.90 Å². The number of halogens is 2. The standard InChI is InChI=1S/C22H15F2NO/c1-14-18(23)11-12-20(21(14)24)25-19-10-6-5-9-16(19)17(22(25)26)13-15-7-3-2-4-8-15/h2-13H,1H3. The molecule has 1 aliphatic rings. The number of hydrogen-bond donors (Lipinski definition) is 0. The lowest BCUT2D eigenvalue weighted by Crippen LogP contribution is -2.22. The van der Waals surface area contributed by atoms with Gasteiger partial charge in [0, 0.05) is 11.1 Å². The monoisotopic (exact) mass is 347 g/mol. The third-order valence-corrected chi connectivity index (χ3v) is 4.52.